The average Bonchev–Trinajstić information content (AvgIpc) is 2.12. The monoisotopic (exact) mass is 191 g/mol. The molecule has 1 aromatic carbocycles. The molecule has 1 aliphatic rings. The van der Waals surface area contributed by atoms with E-state index < -0.39 is 0 Å². The molecule has 2 heteroatoms. The Hall–Kier alpha value is -1.18. The lowest BCUT2D eigenvalue weighted by atomic mass is 9.78. The predicted molar refractivity (Wildman–Crippen MR) is 59.0 cm³/mol. The Morgan fingerprint density at radius 2 is 2.07 bits per heavy atom. The van der Waals surface area contributed by atoms with E-state index in [1.165, 1.54) is 11.3 Å². The van der Waals surface area contributed by atoms with E-state index in [1.54, 1.807) is 6.07 Å². The zero-order valence-electron chi connectivity index (χ0n) is 9.04. The molecule has 0 saturated heterocycles. The lowest BCUT2D eigenvalue weighted by Crippen LogP contribution is -2.34. The van der Waals surface area contributed by atoms with Crippen molar-refractivity contribution < 1.29 is 5.11 Å². The molecule has 0 saturated carbocycles. The van der Waals surface area contributed by atoms with Gasteiger partial charge in [-0.05, 0) is 35.6 Å². The normalized spacial score (nSPS) is 19.2. The second-order valence-corrected chi connectivity index (χ2v) is 4.76. The Morgan fingerprint density at radius 3 is 2.79 bits per heavy atom. The van der Waals surface area contributed by atoms with E-state index in [-0.39, 0.29) is 5.41 Å². The van der Waals surface area contributed by atoms with Crippen LogP contribution in [0.5, 0.6) is 5.75 Å². The van der Waals surface area contributed by atoms with E-state index in [2.05, 4.69) is 25.8 Å². The van der Waals surface area contributed by atoms with Crippen LogP contribution in [0.25, 0.3) is 0 Å². The first kappa shape index (κ1) is 9.38. The van der Waals surface area contributed by atoms with Gasteiger partial charge in [-0.3, -0.25) is 0 Å². The molecule has 0 radical (unpaired) electrons. The summed E-state index contributed by atoms with van der Waals surface area (Å²) in [5.41, 5.74) is 2.69. The van der Waals surface area contributed by atoms with Crippen molar-refractivity contribution in [2.75, 3.05) is 18.5 Å². The van der Waals surface area contributed by atoms with E-state index in [9.17, 15) is 5.11 Å². The van der Waals surface area contributed by atoms with Crippen molar-refractivity contribution in [1.29, 1.82) is 0 Å². The molecule has 0 atom stereocenters. The molecule has 1 aromatic rings. The van der Waals surface area contributed by atoms with Crippen molar-refractivity contribution in [2.45, 2.75) is 25.7 Å². The van der Waals surface area contributed by atoms with Crippen molar-refractivity contribution in [3.8, 4) is 5.75 Å². The molecular formula is C12H17NO. The third kappa shape index (κ3) is 1.35. The van der Waals surface area contributed by atoms with Crippen LogP contribution in [0.1, 0.15) is 25.8 Å². The van der Waals surface area contributed by atoms with E-state index >= 15 is 0 Å². The van der Waals surface area contributed by atoms with Crippen LogP contribution in [-0.2, 0) is 5.41 Å². The number of benzene rings is 1. The van der Waals surface area contributed by atoms with Crippen LogP contribution in [0.15, 0.2) is 18.2 Å². The van der Waals surface area contributed by atoms with Gasteiger partial charge in [-0.1, -0.05) is 13.8 Å². The van der Waals surface area contributed by atoms with Crippen molar-refractivity contribution in [3.63, 3.8) is 0 Å². The molecule has 0 spiro atoms. The van der Waals surface area contributed by atoms with Crippen molar-refractivity contribution >= 4 is 5.69 Å². The van der Waals surface area contributed by atoms with Crippen LogP contribution in [0, 0.1) is 0 Å². The SMILES string of the molecule is CN1CCC(C)(C)c2cc(O)ccc21. The summed E-state index contributed by atoms with van der Waals surface area (Å²) in [6.07, 6.45) is 1.14. The first-order valence-corrected chi connectivity index (χ1v) is 5.05. The maximum Gasteiger partial charge on any atom is 0.116 e. The fourth-order valence-electron chi connectivity index (χ4n) is 2.10. The number of hydrogen-bond acceptors (Lipinski definition) is 2. The third-order valence-electron chi connectivity index (χ3n) is 3.19. The summed E-state index contributed by atoms with van der Waals surface area (Å²) in [6.45, 7) is 5.56. The molecule has 0 fully saturated rings. The number of fused-ring (bicyclic) bond motifs is 1. The Labute approximate surface area is 85.2 Å². The molecule has 1 heterocycles. The quantitative estimate of drug-likeness (QED) is 0.681. The summed E-state index contributed by atoms with van der Waals surface area (Å²) in [5, 5.41) is 9.49. The van der Waals surface area contributed by atoms with Crippen LogP contribution < -0.4 is 4.90 Å². The first-order valence-electron chi connectivity index (χ1n) is 5.05. The summed E-state index contributed by atoms with van der Waals surface area (Å²) in [5.74, 6) is 0.368. The molecule has 76 valence electrons. The van der Waals surface area contributed by atoms with Gasteiger partial charge in [0.25, 0.3) is 0 Å². The molecule has 2 nitrogen and oxygen atoms in total. The van der Waals surface area contributed by atoms with E-state index in [4.69, 9.17) is 0 Å². The largest absolute Gasteiger partial charge is 0.508 e. The van der Waals surface area contributed by atoms with Crippen LogP contribution >= 0.6 is 0 Å². The second-order valence-electron chi connectivity index (χ2n) is 4.76. The molecule has 0 bridgehead atoms. The van der Waals surface area contributed by atoms with Crippen LogP contribution in [0.3, 0.4) is 0 Å². The molecule has 0 aliphatic carbocycles. The molecule has 1 N–H and O–H groups in total. The van der Waals surface area contributed by atoms with Gasteiger partial charge in [0.2, 0.25) is 0 Å². The van der Waals surface area contributed by atoms with Gasteiger partial charge in [0.15, 0.2) is 0 Å². The van der Waals surface area contributed by atoms with E-state index in [1.807, 2.05) is 12.1 Å². The summed E-state index contributed by atoms with van der Waals surface area (Å²) in [7, 11) is 2.10. The van der Waals surface area contributed by atoms with Crippen LogP contribution in [-0.4, -0.2) is 18.7 Å². The summed E-state index contributed by atoms with van der Waals surface area (Å²) >= 11 is 0. The lowest BCUT2D eigenvalue weighted by Gasteiger charge is -2.38. The fraction of sp³-hybridized carbons (Fsp3) is 0.500. The van der Waals surface area contributed by atoms with Gasteiger partial charge in [0, 0.05) is 19.3 Å². The van der Waals surface area contributed by atoms with Gasteiger partial charge in [0.05, 0.1) is 0 Å². The Balaban J connectivity index is 2.58. The fourth-order valence-corrected chi connectivity index (χ4v) is 2.10. The molecule has 0 unspecified atom stereocenters. The molecular weight excluding hydrogens is 174 g/mol. The highest BCUT2D eigenvalue weighted by atomic mass is 16.3. The van der Waals surface area contributed by atoms with E-state index in [0.717, 1.165) is 13.0 Å². The van der Waals surface area contributed by atoms with Crippen LogP contribution in [0.2, 0.25) is 0 Å². The number of aromatic hydroxyl groups is 1. The summed E-state index contributed by atoms with van der Waals surface area (Å²) < 4.78 is 0. The minimum absolute atomic E-state index is 0.181. The van der Waals surface area contributed by atoms with Gasteiger partial charge >= 0.3 is 0 Å². The van der Waals surface area contributed by atoms with Crippen molar-refractivity contribution in [3.05, 3.63) is 23.8 Å². The highest BCUT2D eigenvalue weighted by Gasteiger charge is 2.29. The smallest absolute Gasteiger partial charge is 0.116 e. The zero-order valence-corrected chi connectivity index (χ0v) is 9.04. The van der Waals surface area contributed by atoms with Gasteiger partial charge in [-0.25, -0.2) is 0 Å². The molecule has 0 amide bonds. The minimum atomic E-state index is 0.181. The van der Waals surface area contributed by atoms with Gasteiger partial charge in [0.1, 0.15) is 5.75 Å². The Bertz CT molecular complexity index is 357. The maximum atomic E-state index is 9.49. The predicted octanol–water partition coefficient (Wildman–Crippen LogP) is 2.51. The van der Waals surface area contributed by atoms with Gasteiger partial charge < -0.3 is 10.0 Å². The standard InChI is InChI=1S/C12H17NO/c1-12(2)6-7-13(3)11-5-4-9(14)8-10(11)12/h4-5,8,14H,6-7H2,1-3H3. The first-order chi connectivity index (χ1) is 6.50. The zero-order chi connectivity index (χ0) is 10.3. The number of rotatable bonds is 0. The molecule has 2 rings (SSSR count). The number of hydrogen-bond donors (Lipinski definition) is 1. The van der Waals surface area contributed by atoms with Crippen molar-refractivity contribution in [2.24, 2.45) is 0 Å². The van der Waals surface area contributed by atoms with Gasteiger partial charge in [-0.2, -0.15) is 0 Å². The third-order valence-corrected chi connectivity index (χ3v) is 3.19. The highest BCUT2D eigenvalue weighted by Crippen LogP contribution is 2.40. The summed E-state index contributed by atoms with van der Waals surface area (Å²) in [6, 6.07) is 5.66. The highest BCUT2D eigenvalue weighted by molar-refractivity contribution is 5.60. The molecule has 1 aliphatic heterocycles. The number of anilines is 1. The topological polar surface area (TPSA) is 23.5 Å². The number of nitrogens with zero attached hydrogens (tertiary/aromatic N) is 1. The number of phenols is 1. The molecule has 0 aromatic heterocycles. The average molecular weight is 191 g/mol. The second kappa shape index (κ2) is 2.91. The maximum absolute atomic E-state index is 9.49. The lowest BCUT2D eigenvalue weighted by molar-refractivity contribution is 0.446. The Kier molecular flexibility index (Phi) is 1.95. The minimum Gasteiger partial charge on any atom is -0.508 e. The van der Waals surface area contributed by atoms with E-state index in [0.29, 0.717) is 5.75 Å². The Morgan fingerprint density at radius 1 is 1.36 bits per heavy atom. The molecule has 14 heavy (non-hydrogen) atoms. The number of phenolic OH excluding ortho intramolecular Hbond substituents is 1. The van der Waals surface area contributed by atoms with Crippen molar-refractivity contribution in [1.82, 2.24) is 0 Å². The summed E-state index contributed by atoms with van der Waals surface area (Å²) in [4.78, 5) is 2.25. The van der Waals surface area contributed by atoms with Gasteiger partial charge in [-0.15, -0.1) is 0 Å². The van der Waals surface area contributed by atoms with Crippen LogP contribution in [0.4, 0.5) is 5.69 Å².